The fraction of sp³-hybridized carbons (Fsp3) is 0.294. The molecule has 0 bridgehead atoms. The van der Waals surface area contributed by atoms with Crippen molar-refractivity contribution in [2.75, 3.05) is 13.7 Å². The molecule has 0 fully saturated rings. The van der Waals surface area contributed by atoms with E-state index in [9.17, 15) is 19.1 Å². The van der Waals surface area contributed by atoms with Gasteiger partial charge >= 0.3 is 5.97 Å². The predicted octanol–water partition coefficient (Wildman–Crippen LogP) is 1.52. The molecule has 1 aliphatic heterocycles. The number of phenols is 1. The van der Waals surface area contributed by atoms with Gasteiger partial charge in [0, 0.05) is 17.8 Å². The number of hydrogen-bond donors (Lipinski definition) is 2. The Bertz CT molecular complexity index is 785. The molecule has 1 aromatic carbocycles. The second-order valence-corrected chi connectivity index (χ2v) is 5.74. The highest BCUT2D eigenvalue weighted by molar-refractivity contribution is 6.03. The average Bonchev–Trinajstić information content (AvgIpc) is 2.89. The highest BCUT2D eigenvalue weighted by atomic mass is 19.1. The third-order valence-corrected chi connectivity index (χ3v) is 4.31. The van der Waals surface area contributed by atoms with Crippen molar-refractivity contribution in [3.8, 4) is 5.75 Å². The number of rotatable bonds is 3. The van der Waals surface area contributed by atoms with Gasteiger partial charge in [-0.2, -0.15) is 0 Å². The number of methoxy groups -OCH3 is 1. The number of allylic oxidation sites excluding steroid dienone is 1. The zero-order chi connectivity index (χ0) is 17.4. The molecule has 6 nitrogen and oxygen atoms in total. The molecule has 1 aliphatic carbocycles. The molecule has 1 heterocycles. The molecular weight excluding hydrogens is 315 g/mol. The van der Waals surface area contributed by atoms with Crippen LogP contribution in [0.4, 0.5) is 4.39 Å². The molecule has 1 aromatic rings. The topological polar surface area (TPSA) is 92.9 Å². The summed E-state index contributed by atoms with van der Waals surface area (Å²) in [5.41, 5.74) is 7.51. The van der Waals surface area contributed by atoms with Gasteiger partial charge in [-0.1, -0.05) is 6.08 Å². The van der Waals surface area contributed by atoms with Crippen LogP contribution in [0.2, 0.25) is 0 Å². The lowest BCUT2D eigenvalue weighted by atomic mass is 9.97. The summed E-state index contributed by atoms with van der Waals surface area (Å²) in [6.45, 7) is 0.193. The fourth-order valence-corrected chi connectivity index (χ4v) is 3.17. The molecule has 0 aromatic heterocycles. The molecule has 24 heavy (non-hydrogen) atoms. The van der Waals surface area contributed by atoms with Crippen LogP contribution >= 0.6 is 0 Å². The molecule has 7 heteroatoms. The number of amides is 1. The molecule has 1 atom stereocenters. The Balaban J connectivity index is 2.03. The van der Waals surface area contributed by atoms with Gasteiger partial charge in [0.25, 0.3) is 5.91 Å². The van der Waals surface area contributed by atoms with Gasteiger partial charge in [0.15, 0.2) is 6.04 Å². The van der Waals surface area contributed by atoms with Crippen LogP contribution in [0.1, 0.15) is 24.4 Å². The van der Waals surface area contributed by atoms with E-state index in [4.69, 9.17) is 10.5 Å². The summed E-state index contributed by atoms with van der Waals surface area (Å²) >= 11 is 0. The maximum absolute atomic E-state index is 13.6. The molecule has 0 radical (unpaired) electrons. The maximum Gasteiger partial charge on any atom is 0.333 e. The van der Waals surface area contributed by atoms with Crippen molar-refractivity contribution >= 4 is 11.9 Å². The molecule has 3 N–H and O–H groups in total. The lowest BCUT2D eigenvalue weighted by Crippen LogP contribution is -2.37. The largest absolute Gasteiger partial charge is 0.508 e. The Morgan fingerprint density at radius 1 is 1.46 bits per heavy atom. The van der Waals surface area contributed by atoms with Gasteiger partial charge in [0.2, 0.25) is 0 Å². The van der Waals surface area contributed by atoms with Crippen LogP contribution < -0.4 is 5.73 Å². The van der Waals surface area contributed by atoms with Crippen LogP contribution in [0.25, 0.3) is 0 Å². The van der Waals surface area contributed by atoms with Gasteiger partial charge < -0.3 is 20.5 Å². The van der Waals surface area contributed by atoms with Crippen molar-refractivity contribution in [3.05, 3.63) is 52.5 Å². The number of halogens is 1. The van der Waals surface area contributed by atoms with E-state index >= 15 is 0 Å². The smallest absolute Gasteiger partial charge is 0.333 e. The normalized spacial score (nSPS) is 18.3. The molecule has 1 unspecified atom stereocenters. The number of nitrogens with two attached hydrogens (primary N) is 1. The van der Waals surface area contributed by atoms with E-state index in [-0.39, 0.29) is 17.9 Å². The average molecular weight is 332 g/mol. The fourth-order valence-electron chi connectivity index (χ4n) is 3.17. The van der Waals surface area contributed by atoms with Crippen LogP contribution in [0.5, 0.6) is 5.75 Å². The van der Waals surface area contributed by atoms with Crippen molar-refractivity contribution in [3.63, 3.8) is 0 Å². The highest BCUT2D eigenvalue weighted by Gasteiger charge is 2.41. The minimum absolute atomic E-state index is 0.0161. The summed E-state index contributed by atoms with van der Waals surface area (Å²) in [5, 5.41) is 10.0. The van der Waals surface area contributed by atoms with Gasteiger partial charge in [-0.15, -0.1) is 0 Å². The standard InChI is InChI=1S/C17H17FN2O4/c1-24-17(23)15(11-7-10(18)5-6-13(11)21)20-8-9-3-2-4-12(19)14(9)16(20)22/h4-7,15,21H,2-3,8,19H2,1H3. The summed E-state index contributed by atoms with van der Waals surface area (Å²) in [7, 11) is 1.17. The molecule has 1 amide bonds. The van der Waals surface area contributed by atoms with Crippen LogP contribution in [-0.2, 0) is 14.3 Å². The van der Waals surface area contributed by atoms with E-state index in [1.807, 2.05) is 0 Å². The minimum Gasteiger partial charge on any atom is -0.508 e. The first-order valence-electron chi connectivity index (χ1n) is 7.49. The summed E-state index contributed by atoms with van der Waals surface area (Å²) in [5.74, 6) is -2.09. The summed E-state index contributed by atoms with van der Waals surface area (Å²) in [6, 6.07) is 2.00. The van der Waals surface area contributed by atoms with Gasteiger partial charge in [-0.3, -0.25) is 4.79 Å². The quantitative estimate of drug-likeness (QED) is 0.819. The van der Waals surface area contributed by atoms with Crippen LogP contribution in [-0.4, -0.2) is 35.5 Å². The Morgan fingerprint density at radius 2 is 2.21 bits per heavy atom. The number of ether oxygens (including phenoxy) is 1. The van der Waals surface area contributed by atoms with E-state index in [1.54, 1.807) is 6.08 Å². The first-order chi connectivity index (χ1) is 11.4. The number of phenolic OH excluding ortho intramolecular Hbond substituents is 1. The SMILES string of the molecule is COC(=O)C(c1cc(F)ccc1O)N1CC2=C(C1=O)C(N)=CCC2. The molecule has 0 saturated carbocycles. The van der Waals surface area contributed by atoms with Crippen molar-refractivity contribution in [1.82, 2.24) is 4.90 Å². The lowest BCUT2D eigenvalue weighted by Gasteiger charge is -2.27. The monoisotopic (exact) mass is 332 g/mol. The van der Waals surface area contributed by atoms with E-state index in [1.165, 1.54) is 12.0 Å². The zero-order valence-electron chi connectivity index (χ0n) is 13.1. The Kier molecular flexibility index (Phi) is 4.01. The number of carbonyl (C=O) groups excluding carboxylic acids is 2. The van der Waals surface area contributed by atoms with E-state index in [2.05, 4.69) is 0 Å². The van der Waals surface area contributed by atoms with E-state index < -0.39 is 23.7 Å². The summed E-state index contributed by atoms with van der Waals surface area (Å²) < 4.78 is 18.4. The number of aromatic hydroxyl groups is 1. The Labute approximate surface area is 138 Å². The highest BCUT2D eigenvalue weighted by Crippen LogP contribution is 2.38. The Morgan fingerprint density at radius 3 is 2.88 bits per heavy atom. The molecule has 0 saturated heterocycles. The van der Waals surface area contributed by atoms with Gasteiger partial charge in [0.1, 0.15) is 11.6 Å². The van der Waals surface area contributed by atoms with E-state index in [0.29, 0.717) is 17.7 Å². The van der Waals surface area contributed by atoms with Gasteiger partial charge in [-0.05, 0) is 36.6 Å². The third kappa shape index (κ3) is 2.51. The molecule has 2 aliphatic rings. The van der Waals surface area contributed by atoms with Gasteiger partial charge in [0.05, 0.1) is 12.7 Å². The summed E-state index contributed by atoms with van der Waals surface area (Å²) in [6.07, 6.45) is 3.16. The van der Waals surface area contributed by atoms with Crippen LogP contribution in [0.15, 0.2) is 41.1 Å². The molecule has 3 rings (SSSR count). The van der Waals surface area contributed by atoms with E-state index in [0.717, 1.165) is 30.2 Å². The van der Waals surface area contributed by atoms with Crippen molar-refractivity contribution < 1.29 is 23.8 Å². The molecule has 126 valence electrons. The second kappa shape index (κ2) is 5.99. The second-order valence-electron chi connectivity index (χ2n) is 5.74. The first kappa shape index (κ1) is 16.0. The Hall–Kier alpha value is -2.83. The lowest BCUT2D eigenvalue weighted by molar-refractivity contribution is -0.151. The zero-order valence-corrected chi connectivity index (χ0v) is 13.1. The van der Waals surface area contributed by atoms with Crippen molar-refractivity contribution in [1.29, 1.82) is 0 Å². The van der Waals surface area contributed by atoms with Crippen LogP contribution in [0.3, 0.4) is 0 Å². The van der Waals surface area contributed by atoms with Crippen molar-refractivity contribution in [2.24, 2.45) is 5.73 Å². The van der Waals surface area contributed by atoms with Gasteiger partial charge in [-0.25, -0.2) is 9.18 Å². The number of carbonyl (C=O) groups is 2. The van der Waals surface area contributed by atoms with Crippen molar-refractivity contribution in [2.45, 2.75) is 18.9 Å². The number of benzene rings is 1. The molecule has 0 spiro atoms. The minimum atomic E-state index is -1.24. The molecular formula is C17H17FN2O4. The maximum atomic E-state index is 13.6. The summed E-state index contributed by atoms with van der Waals surface area (Å²) in [4.78, 5) is 26.3. The number of hydrogen-bond acceptors (Lipinski definition) is 5. The third-order valence-electron chi connectivity index (χ3n) is 4.31. The number of esters is 1. The predicted molar refractivity (Wildman–Crippen MR) is 83.1 cm³/mol. The number of nitrogens with zero attached hydrogens (tertiary/aromatic N) is 1. The van der Waals surface area contributed by atoms with Crippen LogP contribution in [0, 0.1) is 5.82 Å². The first-order valence-corrected chi connectivity index (χ1v) is 7.49.